The Kier molecular flexibility index (Phi) is 4.37. The Bertz CT molecular complexity index is 1090. The van der Waals surface area contributed by atoms with Crippen molar-refractivity contribution in [2.75, 3.05) is 0 Å². The Hall–Kier alpha value is -2.37. The molecule has 0 bridgehead atoms. The molecule has 140 valence electrons. The van der Waals surface area contributed by atoms with Crippen LogP contribution in [-0.4, -0.2) is 10.7 Å². The van der Waals surface area contributed by atoms with Gasteiger partial charge < -0.3 is 4.74 Å². The van der Waals surface area contributed by atoms with Crippen molar-refractivity contribution < 1.29 is 9.13 Å². The molecule has 0 aliphatic carbocycles. The lowest BCUT2D eigenvalue weighted by Crippen LogP contribution is -2.33. The number of ether oxygens (including phenoxy) is 1. The van der Waals surface area contributed by atoms with Gasteiger partial charge in [-0.2, -0.15) is 5.10 Å². The molecular weight excluding hydrogens is 443 g/mol. The van der Waals surface area contributed by atoms with E-state index in [2.05, 4.69) is 22.0 Å². The summed E-state index contributed by atoms with van der Waals surface area (Å²) in [5, 5.41) is 7.51. The first-order valence-electron chi connectivity index (χ1n) is 8.92. The number of fused-ring (bicyclic) bond motifs is 3. The van der Waals surface area contributed by atoms with Crippen molar-refractivity contribution in [3.63, 3.8) is 0 Å². The average molecular weight is 458 g/mol. The minimum atomic E-state index is -0.379. The first-order valence-corrected chi connectivity index (χ1v) is 10.1. The van der Waals surface area contributed by atoms with Crippen molar-refractivity contribution in [1.29, 1.82) is 0 Å². The second kappa shape index (κ2) is 6.90. The maximum atomic E-state index is 13.3. The maximum Gasteiger partial charge on any atom is 0.213 e. The van der Waals surface area contributed by atoms with Crippen molar-refractivity contribution in [2.45, 2.75) is 18.7 Å². The van der Waals surface area contributed by atoms with Gasteiger partial charge in [0.25, 0.3) is 0 Å². The number of halogens is 3. The standard InChI is InChI=1S/C22H15BrClFN2O/c23-15-6-9-21-18(11-15)20-12-19(13-4-7-17(25)8-5-13)26-27(20)22(28-21)14-2-1-3-16(24)10-14/h1-11,20,22H,12H2/t20-,22-/m0/s1. The Morgan fingerprint density at radius 2 is 1.89 bits per heavy atom. The molecule has 5 rings (SSSR count). The molecule has 0 saturated carbocycles. The highest BCUT2D eigenvalue weighted by Crippen LogP contribution is 2.48. The fraction of sp³-hybridized carbons (Fsp3) is 0.136. The normalized spacial score (nSPS) is 20.2. The van der Waals surface area contributed by atoms with Gasteiger partial charge in [-0.25, -0.2) is 9.40 Å². The van der Waals surface area contributed by atoms with E-state index in [-0.39, 0.29) is 18.1 Å². The van der Waals surface area contributed by atoms with Crippen LogP contribution in [0.4, 0.5) is 4.39 Å². The second-order valence-corrected chi connectivity index (χ2v) is 8.21. The van der Waals surface area contributed by atoms with Gasteiger partial charge in [0.2, 0.25) is 6.23 Å². The summed E-state index contributed by atoms with van der Waals surface area (Å²) in [6.07, 6.45) is 0.338. The van der Waals surface area contributed by atoms with E-state index in [0.717, 1.165) is 39.0 Å². The molecular formula is C22H15BrClFN2O. The van der Waals surface area contributed by atoms with Crippen LogP contribution < -0.4 is 4.74 Å². The van der Waals surface area contributed by atoms with Crippen LogP contribution >= 0.6 is 27.5 Å². The van der Waals surface area contributed by atoms with E-state index in [1.165, 1.54) is 12.1 Å². The van der Waals surface area contributed by atoms with Gasteiger partial charge in [0, 0.05) is 27.0 Å². The van der Waals surface area contributed by atoms with Crippen molar-refractivity contribution in [1.82, 2.24) is 5.01 Å². The molecule has 0 fully saturated rings. The van der Waals surface area contributed by atoms with Gasteiger partial charge in [-0.05, 0) is 48.0 Å². The minimum absolute atomic E-state index is 0.0327. The number of hydrogen-bond donors (Lipinski definition) is 0. The van der Waals surface area contributed by atoms with Gasteiger partial charge in [-0.1, -0.05) is 51.8 Å². The third-order valence-corrected chi connectivity index (χ3v) is 5.79. The molecule has 0 amide bonds. The van der Waals surface area contributed by atoms with Gasteiger partial charge in [0.05, 0.1) is 11.8 Å². The molecule has 6 heteroatoms. The van der Waals surface area contributed by atoms with Gasteiger partial charge in [-0.3, -0.25) is 0 Å². The van der Waals surface area contributed by atoms with Crippen molar-refractivity contribution >= 4 is 33.2 Å². The molecule has 2 atom stereocenters. The van der Waals surface area contributed by atoms with Crippen LogP contribution in [0.3, 0.4) is 0 Å². The van der Waals surface area contributed by atoms with E-state index in [4.69, 9.17) is 21.4 Å². The third kappa shape index (κ3) is 3.09. The predicted octanol–water partition coefficient (Wildman–Crippen LogP) is 6.48. The zero-order chi connectivity index (χ0) is 19.3. The molecule has 28 heavy (non-hydrogen) atoms. The highest BCUT2D eigenvalue weighted by Gasteiger charge is 2.41. The molecule has 2 aliphatic rings. The molecule has 0 saturated heterocycles. The van der Waals surface area contributed by atoms with E-state index >= 15 is 0 Å². The topological polar surface area (TPSA) is 24.8 Å². The zero-order valence-electron chi connectivity index (χ0n) is 14.6. The summed E-state index contributed by atoms with van der Waals surface area (Å²) in [6.45, 7) is 0. The summed E-state index contributed by atoms with van der Waals surface area (Å²) >= 11 is 9.77. The number of hydrogen-bond acceptors (Lipinski definition) is 3. The number of hydrazone groups is 1. The number of nitrogens with zero attached hydrogens (tertiary/aromatic N) is 2. The van der Waals surface area contributed by atoms with Gasteiger partial charge in [0.15, 0.2) is 0 Å². The summed E-state index contributed by atoms with van der Waals surface area (Å²) in [7, 11) is 0. The van der Waals surface area contributed by atoms with Gasteiger partial charge >= 0.3 is 0 Å². The van der Waals surface area contributed by atoms with Crippen LogP contribution in [0.1, 0.15) is 35.4 Å². The quantitative estimate of drug-likeness (QED) is 0.440. The van der Waals surface area contributed by atoms with Crippen LogP contribution in [0.5, 0.6) is 5.75 Å². The van der Waals surface area contributed by atoms with Crippen LogP contribution in [0.25, 0.3) is 0 Å². The predicted molar refractivity (Wildman–Crippen MR) is 111 cm³/mol. The van der Waals surface area contributed by atoms with Crippen molar-refractivity contribution in [3.05, 3.63) is 98.7 Å². The summed E-state index contributed by atoms with van der Waals surface area (Å²) in [5.74, 6) is 0.583. The summed E-state index contributed by atoms with van der Waals surface area (Å²) in [6, 6.07) is 20.2. The summed E-state index contributed by atoms with van der Waals surface area (Å²) in [5.41, 5.74) is 3.84. The molecule has 0 spiro atoms. The van der Waals surface area contributed by atoms with Gasteiger partial charge in [0.1, 0.15) is 11.6 Å². The third-order valence-electron chi connectivity index (χ3n) is 5.06. The maximum absolute atomic E-state index is 13.3. The highest BCUT2D eigenvalue weighted by molar-refractivity contribution is 9.10. The van der Waals surface area contributed by atoms with Gasteiger partial charge in [-0.15, -0.1) is 0 Å². The summed E-state index contributed by atoms with van der Waals surface area (Å²) in [4.78, 5) is 0. The fourth-order valence-electron chi connectivity index (χ4n) is 3.76. The van der Waals surface area contributed by atoms with Crippen LogP contribution in [0, 0.1) is 5.82 Å². The van der Waals surface area contributed by atoms with Crippen molar-refractivity contribution in [2.24, 2.45) is 5.10 Å². The SMILES string of the molecule is Fc1ccc(C2=NN3[C@@H](C2)c2cc(Br)ccc2O[C@H]3c2cccc(Cl)c2)cc1. The molecule has 2 heterocycles. The lowest BCUT2D eigenvalue weighted by molar-refractivity contribution is -0.0190. The van der Waals surface area contributed by atoms with Crippen LogP contribution in [-0.2, 0) is 0 Å². The molecule has 0 N–H and O–H groups in total. The van der Waals surface area contributed by atoms with Crippen LogP contribution in [0.2, 0.25) is 5.02 Å². The Morgan fingerprint density at radius 3 is 2.68 bits per heavy atom. The first kappa shape index (κ1) is 17.7. The lowest BCUT2D eigenvalue weighted by Gasteiger charge is -2.38. The highest BCUT2D eigenvalue weighted by atomic mass is 79.9. The van der Waals surface area contributed by atoms with E-state index in [1.54, 1.807) is 12.1 Å². The van der Waals surface area contributed by atoms with E-state index in [0.29, 0.717) is 5.02 Å². The van der Waals surface area contributed by atoms with E-state index in [9.17, 15) is 4.39 Å². The summed E-state index contributed by atoms with van der Waals surface area (Å²) < 4.78 is 20.7. The second-order valence-electron chi connectivity index (χ2n) is 6.86. The molecule has 0 unspecified atom stereocenters. The Labute approximate surface area is 175 Å². The first-order chi connectivity index (χ1) is 13.6. The smallest absolute Gasteiger partial charge is 0.213 e. The fourth-order valence-corrected chi connectivity index (χ4v) is 4.33. The molecule has 0 aromatic heterocycles. The molecule has 3 nitrogen and oxygen atoms in total. The monoisotopic (exact) mass is 456 g/mol. The molecule has 3 aromatic carbocycles. The largest absolute Gasteiger partial charge is 0.464 e. The Balaban J connectivity index is 1.61. The minimum Gasteiger partial charge on any atom is -0.464 e. The van der Waals surface area contributed by atoms with Crippen molar-refractivity contribution in [3.8, 4) is 5.75 Å². The number of rotatable bonds is 2. The molecule has 2 aliphatic heterocycles. The van der Waals surface area contributed by atoms with E-state index in [1.807, 2.05) is 41.4 Å². The molecule has 3 aromatic rings. The van der Waals surface area contributed by atoms with Crippen LogP contribution in [0.15, 0.2) is 76.3 Å². The lowest BCUT2D eigenvalue weighted by atomic mass is 9.96. The number of benzene rings is 3. The van der Waals surface area contributed by atoms with E-state index < -0.39 is 0 Å². The Morgan fingerprint density at radius 1 is 1.07 bits per heavy atom. The molecule has 0 radical (unpaired) electrons. The zero-order valence-corrected chi connectivity index (χ0v) is 17.0. The average Bonchev–Trinajstić information content (AvgIpc) is 3.14.